The fourth-order valence-corrected chi connectivity index (χ4v) is 3.08. The van der Waals surface area contributed by atoms with Gasteiger partial charge in [0.25, 0.3) is 0 Å². The van der Waals surface area contributed by atoms with Gasteiger partial charge in [0.15, 0.2) is 0 Å². The van der Waals surface area contributed by atoms with Gasteiger partial charge < -0.3 is 5.11 Å². The van der Waals surface area contributed by atoms with Gasteiger partial charge >= 0.3 is 5.97 Å². The van der Waals surface area contributed by atoms with Gasteiger partial charge in [-0.15, -0.1) is 0 Å². The Morgan fingerprint density at radius 2 is 2.00 bits per heavy atom. The van der Waals surface area contributed by atoms with Crippen molar-refractivity contribution in [3.8, 4) is 0 Å². The number of hydrogen-bond acceptors (Lipinski definition) is 2. The molecule has 116 valence electrons. The lowest BCUT2D eigenvalue weighted by atomic mass is 9.75. The van der Waals surface area contributed by atoms with Crippen molar-refractivity contribution in [1.82, 2.24) is 4.90 Å². The summed E-state index contributed by atoms with van der Waals surface area (Å²) in [7, 11) is 0. The molecule has 0 unspecified atom stereocenters. The molecule has 0 aliphatic carbocycles. The molecule has 0 bridgehead atoms. The maximum absolute atomic E-state index is 13.6. The highest BCUT2D eigenvalue weighted by Gasteiger charge is 2.40. The van der Waals surface area contributed by atoms with Crippen LogP contribution in [0.4, 0.5) is 8.78 Å². The summed E-state index contributed by atoms with van der Waals surface area (Å²) in [5.41, 5.74) is -0.179. The predicted molar refractivity (Wildman–Crippen MR) is 75.8 cm³/mol. The first-order valence-electron chi connectivity index (χ1n) is 7.36. The number of carboxylic acid groups (broad SMARTS) is 1. The molecule has 1 aromatic rings. The molecule has 0 amide bonds. The van der Waals surface area contributed by atoms with Crippen LogP contribution in [0.25, 0.3) is 0 Å². The van der Waals surface area contributed by atoms with Gasteiger partial charge in [0.05, 0.1) is 5.41 Å². The standard InChI is InChI=1S/C16H21F2NO2/c1-2-5-16(15(20)21)6-8-19(9-7-16)11-12-3-4-13(17)10-14(12)18/h3-4,10H,2,5-9,11H2,1H3,(H,20,21). The Labute approximate surface area is 123 Å². The molecular formula is C16H21F2NO2. The average Bonchev–Trinajstić information content (AvgIpc) is 2.44. The number of hydrogen-bond donors (Lipinski definition) is 1. The van der Waals surface area contributed by atoms with Crippen LogP contribution in [0.2, 0.25) is 0 Å². The fourth-order valence-electron chi connectivity index (χ4n) is 3.08. The lowest BCUT2D eigenvalue weighted by Gasteiger charge is -2.38. The molecule has 2 rings (SSSR count). The summed E-state index contributed by atoms with van der Waals surface area (Å²) < 4.78 is 26.5. The summed E-state index contributed by atoms with van der Waals surface area (Å²) in [6.07, 6.45) is 2.69. The zero-order valence-electron chi connectivity index (χ0n) is 12.2. The van der Waals surface area contributed by atoms with Crippen molar-refractivity contribution in [3.63, 3.8) is 0 Å². The molecule has 21 heavy (non-hydrogen) atoms. The monoisotopic (exact) mass is 297 g/mol. The van der Waals surface area contributed by atoms with E-state index in [0.717, 1.165) is 12.5 Å². The second-order valence-corrected chi connectivity index (χ2v) is 5.85. The van der Waals surface area contributed by atoms with Crippen LogP contribution in [0, 0.1) is 17.0 Å². The van der Waals surface area contributed by atoms with Gasteiger partial charge in [-0.3, -0.25) is 9.69 Å². The lowest BCUT2D eigenvalue weighted by Crippen LogP contribution is -2.44. The Kier molecular flexibility index (Phi) is 4.93. The van der Waals surface area contributed by atoms with E-state index in [1.807, 2.05) is 11.8 Å². The Hall–Kier alpha value is -1.49. The summed E-state index contributed by atoms with van der Waals surface area (Å²) in [5.74, 6) is -1.85. The number of piperidine rings is 1. The summed E-state index contributed by atoms with van der Waals surface area (Å²) in [6, 6.07) is 3.59. The third-order valence-corrected chi connectivity index (χ3v) is 4.40. The van der Waals surface area contributed by atoms with Crippen molar-refractivity contribution < 1.29 is 18.7 Å². The molecule has 1 aliphatic rings. The second-order valence-electron chi connectivity index (χ2n) is 5.85. The fraction of sp³-hybridized carbons (Fsp3) is 0.562. The number of rotatable bonds is 5. The molecule has 0 spiro atoms. The first kappa shape index (κ1) is 15.9. The van der Waals surface area contributed by atoms with Crippen LogP contribution in [0.3, 0.4) is 0 Å². The predicted octanol–water partition coefficient (Wildman–Crippen LogP) is 3.43. The molecule has 1 aromatic carbocycles. The molecule has 1 fully saturated rings. The molecule has 5 heteroatoms. The highest BCUT2D eigenvalue weighted by atomic mass is 19.1. The number of carbonyl (C=O) groups is 1. The smallest absolute Gasteiger partial charge is 0.309 e. The molecule has 0 atom stereocenters. The Bertz CT molecular complexity index is 511. The van der Waals surface area contributed by atoms with E-state index in [9.17, 15) is 18.7 Å². The van der Waals surface area contributed by atoms with Crippen LogP contribution in [-0.2, 0) is 11.3 Å². The van der Waals surface area contributed by atoms with Crippen molar-refractivity contribution in [1.29, 1.82) is 0 Å². The Morgan fingerprint density at radius 3 is 2.52 bits per heavy atom. The Balaban J connectivity index is 1.99. The van der Waals surface area contributed by atoms with Crippen molar-refractivity contribution in [3.05, 3.63) is 35.4 Å². The molecule has 1 aliphatic heterocycles. The lowest BCUT2D eigenvalue weighted by molar-refractivity contribution is -0.152. The largest absolute Gasteiger partial charge is 0.481 e. The van der Waals surface area contributed by atoms with Crippen LogP contribution in [0.1, 0.15) is 38.2 Å². The average molecular weight is 297 g/mol. The van der Waals surface area contributed by atoms with Crippen LogP contribution in [0.15, 0.2) is 18.2 Å². The van der Waals surface area contributed by atoms with Gasteiger partial charge in [-0.05, 0) is 38.4 Å². The van der Waals surface area contributed by atoms with Crippen molar-refractivity contribution in [2.45, 2.75) is 39.2 Å². The molecule has 0 aromatic heterocycles. The Morgan fingerprint density at radius 1 is 1.33 bits per heavy atom. The summed E-state index contributed by atoms with van der Waals surface area (Å²) in [4.78, 5) is 13.5. The summed E-state index contributed by atoms with van der Waals surface area (Å²) in [5, 5.41) is 9.45. The minimum atomic E-state index is -0.725. The molecule has 1 heterocycles. The minimum Gasteiger partial charge on any atom is -0.481 e. The molecule has 1 N–H and O–H groups in total. The maximum atomic E-state index is 13.6. The highest BCUT2D eigenvalue weighted by molar-refractivity contribution is 5.74. The number of carboxylic acids is 1. The number of benzene rings is 1. The van der Waals surface area contributed by atoms with E-state index in [2.05, 4.69) is 0 Å². The normalized spacial score (nSPS) is 18.6. The van der Waals surface area contributed by atoms with E-state index in [0.29, 0.717) is 44.5 Å². The SMILES string of the molecule is CCCC1(C(=O)O)CCN(Cc2ccc(F)cc2F)CC1. The summed E-state index contributed by atoms with van der Waals surface area (Å²) >= 11 is 0. The van der Waals surface area contributed by atoms with E-state index >= 15 is 0 Å². The quantitative estimate of drug-likeness (QED) is 0.905. The highest BCUT2D eigenvalue weighted by Crippen LogP contribution is 2.36. The van der Waals surface area contributed by atoms with E-state index in [1.165, 1.54) is 12.1 Å². The van der Waals surface area contributed by atoms with Crippen LogP contribution in [-0.4, -0.2) is 29.1 Å². The van der Waals surface area contributed by atoms with Gasteiger partial charge in [-0.25, -0.2) is 8.78 Å². The van der Waals surface area contributed by atoms with Gasteiger partial charge in [0, 0.05) is 18.2 Å². The van der Waals surface area contributed by atoms with E-state index in [-0.39, 0.29) is 0 Å². The van der Waals surface area contributed by atoms with Gasteiger partial charge in [-0.1, -0.05) is 19.4 Å². The molecule has 3 nitrogen and oxygen atoms in total. The van der Waals surface area contributed by atoms with Crippen LogP contribution < -0.4 is 0 Å². The van der Waals surface area contributed by atoms with Crippen molar-refractivity contribution >= 4 is 5.97 Å². The second kappa shape index (κ2) is 6.52. The number of nitrogens with zero attached hydrogens (tertiary/aromatic N) is 1. The summed E-state index contributed by atoms with van der Waals surface area (Å²) in [6.45, 7) is 3.64. The maximum Gasteiger partial charge on any atom is 0.309 e. The molecular weight excluding hydrogens is 276 g/mol. The molecule has 1 saturated heterocycles. The first-order chi connectivity index (χ1) is 9.97. The number of likely N-dealkylation sites (tertiary alicyclic amines) is 1. The minimum absolute atomic E-state index is 0.397. The van der Waals surface area contributed by atoms with Crippen molar-refractivity contribution in [2.24, 2.45) is 5.41 Å². The van der Waals surface area contributed by atoms with Crippen LogP contribution in [0.5, 0.6) is 0 Å². The zero-order valence-corrected chi connectivity index (χ0v) is 12.2. The third kappa shape index (κ3) is 3.59. The van der Waals surface area contributed by atoms with E-state index < -0.39 is 23.0 Å². The topological polar surface area (TPSA) is 40.5 Å². The third-order valence-electron chi connectivity index (χ3n) is 4.40. The van der Waals surface area contributed by atoms with Gasteiger partial charge in [0.1, 0.15) is 11.6 Å². The van der Waals surface area contributed by atoms with E-state index in [1.54, 1.807) is 0 Å². The zero-order chi connectivity index (χ0) is 15.5. The molecule has 0 radical (unpaired) electrons. The van der Waals surface area contributed by atoms with Gasteiger partial charge in [0.2, 0.25) is 0 Å². The van der Waals surface area contributed by atoms with E-state index in [4.69, 9.17) is 0 Å². The molecule has 0 saturated carbocycles. The number of halogens is 2. The first-order valence-corrected chi connectivity index (χ1v) is 7.36. The number of aliphatic carboxylic acids is 1. The van der Waals surface area contributed by atoms with Crippen molar-refractivity contribution in [2.75, 3.05) is 13.1 Å². The van der Waals surface area contributed by atoms with Crippen LogP contribution >= 0.6 is 0 Å². The van der Waals surface area contributed by atoms with Gasteiger partial charge in [-0.2, -0.15) is 0 Å².